The van der Waals surface area contributed by atoms with Crippen LogP contribution < -0.4 is 10.6 Å². The number of piperidine rings is 1. The minimum absolute atomic E-state index is 0.0159. The Balaban J connectivity index is 1.54. The number of halogens is 1. The van der Waals surface area contributed by atoms with Crippen LogP contribution >= 0.6 is 11.6 Å². The molecule has 1 aliphatic rings. The first-order chi connectivity index (χ1) is 13.1. The van der Waals surface area contributed by atoms with E-state index in [0.29, 0.717) is 23.9 Å². The van der Waals surface area contributed by atoms with Crippen molar-refractivity contribution in [3.63, 3.8) is 0 Å². The van der Waals surface area contributed by atoms with Crippen LogP contribution in [0.5, 0.6) is 0 Å². The van der Waals surface area contributed by atoms with Crippen LogP contribution in [0.3, 0.4) is 0 Å². The van der Waals surface area contributed by atoms with E-state index in [0.717, 1.165) is 23.2 Å². The third kappa shape index (κ3) is 3.95. The van der Waals surface area contributed by atoms with E-state index in [1.54, 1.807) is 24.7 Å². The molecule has 3 aromatic rings. The second-order valence-electron chi connectivity index (χ2n) is 6.89. The molecule has 3 aromatic heterocycles. The molecule has 0 bridgehead atoms. The van der Waals surface area contributed by atoms with Gasteiger partial charge in [-0.15, -0.1) is 0 Å². The molecule has 27 heavy (non-hydrogen) atoms. The first-order valence-electron chi connectivity index (χ1n) is 8.86. The zero-order chi connectivity index (χ0) is 18.8. The molecule has 0 spiro atoms. The van der Waals surface area contributed by atoms with Crippen molar-refractivity contribution in [2.75, 3.05) is 11.4 Å². The molecule has 4 heterocycles. The van der Waals surface area contributed by atoms with Crippen LogP contribution in [-0.2, 0) is 6.42 Å². The number of aliphatic hydroxyl groups excluding tert-OH is 1. The molecule has 0 aromatic carbocycles. The summed E-state index contributed by atoms with van der Waals surface area (Å²) < 4.78 is 0. The van der Waals surface area contributed by atoms with Crippen LogP contribution in [0.25, 0.3) is 11.3 Å². The molecular formula is C19H21ClN6O. The number of aliphatic hydroxyl groups is 1. The van der Waals surface area contributed by atoms with E-state index in [4.69, 9.17) is 17.3 Å². The van der Waals surface area contributed by atoms with Gasteiger partial charge in [-0.2, -0.15) is 5.10 Å². The van der Waals surface area contributed by atoms with Crippen molar-refractivity contribution < 1.29 is 5.11 Å². The van der Waals surface area contributed by atoms with Crippen molar-refractivity contribution in [2.45, 2.75) is 25.1 Å². The lowest BCUT2D eigenvalue weighted by atomic mass is 9.87. The van der Waals surface area contributed by atoms with Gasteiger partial charge in [-0.1, -0.05) is 17.7 Å². The lowest BCUT2D eigenvalue weighted by molar-refractivity contribution is 0.0723. The predicted molar refractivity (Wildman–Crippen MR) is 104 cm³/mol. The van der Waals surface area contributed by atoms with E-state index in [1.807, 2.05) is 29.2 Å². The molecule has 1 fully saturated rings. The summed E-state index contributed by atoms with van der Waals surface area (Å²) in [6, 6.07) is 9.40. The van der Waals surface area contributed by atoms with Gasteiger partial charge in [-0.3, -0.25) is 10.1 Å². The maximum atomic E-state index is 11.0. The molecule has 4 N–H and O–H groups in total. The first kappa shape index (κ1) is 17.9. The van der Waals surface area contributed by atoms with Crippen molar-refractivity contribution in [3.05, 3.63) is 59.6 Å². The predicted octanol–water partition coefficient (Wildman–Crippen LogP) is 2.23. The van der Waals surface area contributed by atoms with E-state index in [-0.39, 0.29) is 12.0 Å². The number of rotatable bonds is 4. The number of hydrogen-bond donors (Lipinski definition) is 3. The highest BCUT2D eigenvalue weighted by atomic mass is 35.5. The van der Waals surface area contributed by atoms with E-state index in [1.165, 1.54) is 0 Å². The number of aromatic amines is 1. The van der Waals surface area contributed by atoms with Gasteiger partial charge in [0.1, 0.15) is 11.4 Å². The van der Waals surface area contributed by atoms with Crippen molar-refractivity contribution in [3.8, 4) is 11.3 Å². The Hall–Kier alpha value is -2.48. The van der Waals surface area contributed by atoms with Crippen LogP contribution in [0.1, 0.15) is 12.0 Å². The molecule has 3 atom stereocenters. The van der Waals surface area contributed by atoms with Gasteiger partial charge >= 0.3 is 0 Å². The number of nitrogens with zero attached hydrogens (tertiary/aromatic N) is 4. The minimum Gasteiger partial charge on any atom is -0.373 e. The van der Waals surface area contributed by atoms with Gasteiger partial charge in [0.15, 0.2) is 5.82 Å². The third-order valence-electron chi connectivity index (χ3n) is 4.91. The summed E-state index contributed by atoms with van der Waals surface area (Å²) in [5, 5.41) is 18.8. The van der Waals surface area contributed by atoms with Gasteiger partial charge in [0.2, 0.25) is 0 Å². The van der Waals surface area contributed by atoms with Crippen molar-refractivity contribution >= 4 is 17.4 Å². The average molecular weight is 385 g/mol. The van der Waals surface area contributed by atoms with E-state index in [9.17, 15) is 5.11 Å². The summed E-state index contributed by atoms with van der Waals surface area (Å²) in [6.07, 6.45) is 5.96. The molecule has 1 unspecified atom stereocenters. The van der Waals surface area contributed by atoms with Crippen LogP contribution in [-0.4, -0.2) is 44.1 Å². The normalized spacial score (nSPS) is 22.8. The van der Waals surface area contributed by atoms with Crippen LogP contribution in [0.2, 0.25) is 5.15 Å². The monoisotopic (exact) mass is 384 g/mol. The standard InChI is InChI=1S/C19H21ClN6O/c20-17-2-1-12(10-23-17)7-14-8-15(21)11-26(19(14)27)18-9-16(24-25-18)13-3-5-22-6-4-13/h1-6,9-10,14-15,19,27H,7-8,11,21H2,(H,24,25)/t14-,15-,19?/m0/s1. The van der Waals surface area contributed by atoms with Gasteiger partial charge in [0.05, 0.1) is 5.69 Å². The Morgan fingerprint density at radius 1 is 1.26 bits per heavy atom. The lowest BCUT2D eigenvalue weighted by Gasteiger charge is -2.41. The molecule has 1 aliphatic heterocycles. The second-order valence-corrected chi connectivity index (χ2v) is 7.28. The zero-order valence-corrected chi connectivity index (χ0v) is 15.4. The highest BCUT2D eigenvalue weighted by molar-refractivity contribution is 6.29. The number of aromatic nitrogens is 4. The second kappa shape index (κ2) is 7.64. The highest BCUT2D eigenvalue weighted by Gasteiger charge is 2.35. The highest BCUT2D eigenvalue weighted by Crippen LogP contribution is 2.30. The fourth-order valence-corrected chi connectivity index (χ4v) is 3.70. The Labute approximate surface area is 162 Å². The van der Waals surface area contributed by atoms with Crippen LogP contribution in [0.4, 0.5) is 5.82 Å². The molecule has 4 rings (SSSR count). The molecule has 7 nitrogen and oxygen atoms in total. The molecule has 140 valence electrons. The topological polar surface area (TPSA) is 104 Å². The number of pyridine rings is 2. The fourth-order valence-electron chi connectivity index (χ4n) is 3.59. The summed E-state index contributed by atoms with van der Waals surface area (Å²) in [5.74, 6) is 0.668. The van der Waals surface area contributed by atoms with Gasteiger partial charge in [-0.25, -0.2) is 4.98 Å². The fraction of sp³-hybridized carbons (Fsp3) is 0.316. The number of hydrogen-bond acceptors (Lipinski definition) is 6. The van der Waals surface area contributed by atoms with E-state index in [2.05, 4.69) is 20.2 Å². The summed E-state index contributed by atoms with van der Waals surface area (Å²) >= 11 is 5.86. The Morgan fingerprint density at radius 3 is 2.81 bits per heavy atom. The molecule has 0 radical (unpaired) electrons. The molecule has 0 saturated carbocycles. The molecule has 0 aliphatic carbocycles. The third-order valence-corrected chi connectivity index (χ3v) is 5.14. The van der Waals surface area contributed by atoms with Crippen molar-refractivity contribution in [1.82, 2.24) is 20.2 Å². The number of H-pyrrole nitrogens is 1. The van der Waals surface area contributed by atoms with E-state index < -0.39 is 6.23 Å². The largest absolute Gasteiger partial charge is 0.373 e. The summed E-state index contributed by atoms with van der Waals surface area (Å²) in [4.78, 5) is 10.0. The van der Waals surface area contributed by atoms with Gasteiger partial charge in [-0.05, 0) is 36.6 Å². The summed E-state index contributed by atoms with van der Waals surface area (Å²) in [6.45, 7) is 0.553. The van der Waals surface area contributed by atoms with Gasteiger partial charge in [0, 0.05) is 48.7 Å². The first-order valence-corrected chi connectivity index (χ1v) is 9.24. The molecule has 0 amide bonds. The molecule has 1 saturated heterocycles. The Kier molecular flexibility index (Phi) is 5.07. The Bertz CT molecular complexity index is 885. The molecular weight excluding hydrogens is 364 g/mol. The average Bonchev–Trinajstić information content (AvgIpc) is 3.17. The quantitative estimate of drug-likeness (QED) is 0.596. The number of nitrogens with two attached hydrogens (primary N) is 1. The lowest BCUT2D eigenvalue weighted by Crippen LogP contribution is -2.54. The number of nitrogens with one attached hydrogen (secondary N) is 1. The molecule has 8 heteroatoms. The van der Waals surface area contributed by atoms with E-state index >= 15 is 0 Å². The van der Waals surface area contributed by atoms with Crippen LogP contribution in [0, 0.1) is 5.92 Å². The Morgan fingerprint density at radius 2 is 2.07 bits per heavy atom. The van der Waals surface area contributed by atoms with Crippen molar-refractivity contribution in [2.24, 2.45) is 11.7 Å². The zero-order valence-electron chi connectivity index (χ0n) is 14.7. The van der Waals surface area contributed by atoms with Crippen molar-refractivity contribution in [1.29, 1.82) is 0 Å². The smallest absolute Gasteiger partial charge is 0.153 e. The van der Waals surface area contributed by atoms with Crippen LogP contribution in [0.15, 0.2) is 48.9 Å². The minimum atomic E-state index is -0.672. The summed E-state index contributed by atoms with van der Waals surface area (Å²) in [5.41, 5.74) is 9.16. The summed E-state index contributed by atoms with van der Waals surface area (Å²) in [7, 11) is 0. The van der Waals surface area contributed by atoms with Gasteiger partial charge in [0.25, 0.3) is 0 Å². The number of anilines is 1. The maximum Gasteiger partial charge on any atom is 0.153 e. The van der Waals surface area contributed by atoms with Gasteiger partial charge < -0.3 is 15.7 Å². The maximum absolute atomic E-state index is 11.0. The SMILES string of the molecule is N[C@H]1C[C@H](Cc2ccc(Cl)nc2)C(O)N(c2cc(-c3ccncc3)[nH]n2)C1.